The van der Waals surface area contributed by atoms with Gasteiger partial charge in [-0.3, -0.25) is 4.90 Å². The van der Waals surface area contributed by atoms with Gasteiger partial charge >= 0.3 is 6.18 Å². The normalized spacial score (nSPS) is 13.1. The fraction of sp³-hybridized carbons (Fsp3) is 0.368. The summed E-state index contributed by atoms with van der Waals surface area (Å²) in [5.74, 6) is 0.299. The number of nitrogens with zero attached hydrogens (tertiary/aromatic N) is 1. The quantitative estimate of drug-likeness (QED) is 0.820. The summed E-state index contributed by atoms with van der Waals surface area (Å²) in [6.07, 6.45) is -5.10. The smallest absolute Gasteiger partial charge is 0.416 e. The van der Waals surface area contributed by atoms with E-state index in [1.54, 1.807) is 0 Å². The molecule has 0 aromatic heterocycles. The van der Waals surface area contributed by atoms with Gasteiger partial charge in [-0.15, -0.1) is 0 Å². The van der Waals surface area contributed by atoms with E-state index in [2.05, 4.69) is 6.07 Å². The van der Waals surface area contributed by atoms with Crippen LogP contribution in [0.2, 0.25) is 0 Å². The van der Waals surface area contributed by atoms with Gasteiger partial charge < -0.3 is 9.84 Å². The van der Waals surface area contributed by atoms with Gasteiger partial charge in [-0.2, -0.15) is 13.2 Å². The molecule has 0 aliphatic rings. The summed E-state index contributed by atoms with van der Waals surface area (Å²) in [4.78, 5) is 1.97. The van der Waals surface area contributed by atoms with Gasteiger partial charge in [0.1, 0.15) is 18.5 Å². The van der Waals surface area contributed by atoms with Crippen LogP contribution in [0, 0.1) is 6.92 Å². The van der Waals surface area contributed by atoms with Crippen molar-refractivity contribution in [2.24, 2.45) is 0 Å². The summed E-state index contributed by atoms with van der Waals surface area (Å²) < 4.78 is 42.8. The average Bonchev–Trinajstić information content (AvgIpc) is 2.52. The molecule has 0 fully saturated rings. The van der Waals surface area contributed by atoms with Gasteiger partial charge in [-0.25, -0.2) is 0 Å². The summed E-state index contributed by atoms with van der Waals surface area (Å²) >= 11 is 0. The Balaban J connectivity index is 1.79. The van der Waals surface area contributed by atoms with Crippen LogP contribution in [0.15, 0.2) is 48.5 Å². The number of hydrogen-bond acceptors (Lipinski definition) is 3. The molecule has 0 bridgehead atoms. The van der Waals surface area contributed by atoms with Crippen LogP contribution in [0.3, 0.4) is 0 Å². The molecule has 6 heteroatoms. The number of ether oxygens (including phenoxy) is 1. The van der Waals surface area contributed by atoms with Crippen molar-refractivity contribution in [2.45, 2.75) is 25.7 Å². The van der Waals surface area contributed by atoms with Crippen LogP contribution >= 0.6 is 0 Å². The Kier molecular flexibility index (Phi) is 6.45. The first kappa shape index (κ1) is 19.3. The number of aryl methyl sites for hydroxylation is 1. The molecule has 1 atom stereocenters. The Morgan fingerprint density at radius 3 is 2.40 bits per heavy atom. The van der Waals surface area contributed by atoms with Crippen LogP contribution in [-0.2, 0) is 12.7 Å². The minimum absolute atomic E-state index is 0.0174. The number of hydrogen-bond donors (Lipinski definition) is 1. The SMILES string of the molecule is Cc1cccc(CN(C)CC(O)COc2ccc(C(F)(F)F)cc2)c1. The lowest BCUT2D eigenvalue weighted by Gasteiger charge is -2.21. The first-order valence-electron chi connectivity index (χ1n) is 7.96. The van der Waals surface area contributed by atoms with Crippen molar-refractivity contribution in [2.75, 3.05) is 20.2 Å². The second kappa shape index (κ2) is 8.36. The third-order valence-electron chi connectivity index (χ3n) is 3.68. The van der Waals surface area contributed by atoms with Crippen LogP contribution in [0.25, 0.3) is 0 Å². The van der Waals surface area contributed by atoms with E-state index in [0.29, 0.717) is 18.8 Å². The molecule has 0 saturated carbocycles. The number of rotatable bonds is 7. The van der Waals surface area contributed by atoms with Crippen LogP contribution in [0.1, 0.15) is 16.7 Å². The van der Waals surface area contributed by atoms with Crippen molar-refractivity contribution < 1.29 is 23.0 Å². The second-order valence-corrected chi connectivity index (χ2v) is 6.17. The molecule has 0 aliphatic carbocycles. The van der Waals surface area contributed by atoms with Gasteiger partial charge in [0.05, 0.1) is 5.56 Å². The number of aliphatic hydroxyl groups excluding tert-OH is 1. The molecule has 2 rings (SSSR count). The van der Waals surface area contributed by atoms with Crippen molar-refractivity contribution in [3.8, 4) is 5.75 Å². The highest BCUT2D eigenvalue weighted by Gasteiger charge is 2.30. The lowest BCUT2D eigenvalue weighted by molar-refractivity contribution is -0.137. The van der Waals surface area contributed by atoms with Gasteiger partial charge in [0.25, 0.3) is 0 Å². The largest absolute Gasteiger partial charge is 0.491 e. The fourth-order valence-electron chi connectivity index (χ4n) is 2.53. The molecule has 2 aromatic carbocycles. The van der Waals surface area contributed by atoms with Crippen LogP contribution < -0.4 is 4.74 Å². The summed E-state index contributed by atoms with van der Waals surface area (Å²) in [6, 6.07) is 12.6. The molecule has 0 spiro atoms. The summed E-state index contributed by atoms with van der Waals surface area (Å²) in [6.45, 7) is 3.13. The number of benzene rings is 2. The predicted molar refractivity (Wildman–Crippen MR) is 90.5 cm³/mol. The topological polar surface area (TPSA) is 32.7 Å². The van der Waals surface area contributed by atoms with Crippen LogP contribution in [-0.4, -0.2) is 36.3 Å². The molecule has 0 radical (unpaired) electrons. The Bertz CT molecular complexity index is 671. The molecule has 1 unspecified atom stereocenters. The van der Waals surface area contributed by atoms with Gasteiger partial charge in [0.15, 0.2) is 0 Å². The molecule has 2 aromatic rings. The third-order valence-corrected chi connectivity index (χ3v) is 3.68. The van der Waals surface area contributed by atoms with Gasteiger partial charge in [0.2, 0.25) is 0 Å². The van der Waals surface area contributed by atoms with E-state index in [1.807, 2.05) is 37.1 Å². The number of aliphatic hydroxyl groups is 1. The second-order valence-electron chi connectivity index (χ2n) is 6.17. The van der Waals surface area contributed by atoms with E-state index >= 15 is 0 Å². The molecule has 0 aliphatic heterocycles. The molecule has 0 saturated heterocycles. The summed E-state index contributed by atoms with van der Waals surface area (Å²) in [7, 11) is 1.89. The molecule has 0 heterocycles. The van der Waals surface area contributed by atoms with Gasteiger partial charge in [-0.05, 0) is 43.8 Å². The van der Waals surface area contributed by atoms with Gasteiger partial charge in [0, 0.05) is 13.1 Å². The van der Waals surface area contributed by atoms with E-state index in [9.17, 15) is 18.3 Å². The molecule has 0 amide bonds. The average molecular weight is 353 g/mol. The maximum absolute atomic E-state index is 12.5. The molecule has 3 nitrogen and oxygen atoms in total. The maximum atomic E-state index is 12.5. The van der Waals surface area contributed by atoms with Crippen molar-refractivity contribution in [1.29, 1.82) is 0 Å². The molecule has 25 heavy (non-hydrogen) atoms. The highest BCUT2D eigenvalue weighted by atomic mass is 19.4. The Morgan fingerprint density at radius 1 is 1.12 bits per heavy atom. The summed E-state index contributed by atoms with van der Waals surface area (Å²) in [5, 5.41) is 10.1. The highest BCUT2D eigenvalue weighted by Crippen LogP contribution is 2.30. The molecular formula is C19H22F3NO2. The van der Waals surface area contributed by atoms with Crippen LogP contribution in [0.5, 0.6) is 5.75 Å². The van der Waals surface area contributed by atoms with Crippen molar-refractivity contribution in [3.63, 3.8) is 0 Å². The standard InChI is InChI=1S/C19H22F3NO2/c1-14-4-3-5-15(10-14)11-23(2)12-17(24)13-25-18-8-6-16(7-9-18)19(20,21)22/h3-10,17,24H,11-13H2,1-2H3. The van der Waals surface area contributed by atoms with E-state index < -0.39 is 17.8 Å². The first-order valence-corrected chi connectivity index (χ1v) is 7.96. The van der Waals surface area contributed by atoms with E-state index in [0.717, 1.165) is 17.7 Å². The maximum Gasteiger partial charge on any atom is 0.416 e. The monoisotopic (exact) mass is 353 g/mol. The molecule has 136 valence electrons. The minimum Gasteiger partial charge on any atom is -0.491 e. The number of halogens is 3. The Morgan fingerprint density at radius 2 is 1.80 bits per heavy atom. The summed E-state index contributed by atoms with van der Waals surface area (Å²) in [5.41, 5.74) is 1.61. The van der Waals surface area contributed by atoms with Crippen molar-refractivity contribution >= 4 is 0 Å². The third kappa shape index (κ3) is 6.40. The lowest BCUT2D eigenvalue weighted by atomic mass is 10.1. The fourth-order valence-corrected chi connectivity index (χ4v) is 2.53. The van der Waals surface area contributed by atoms with E-state index in [4.69, 9.17) is 4.74 Å². The lowest BCUT2D eigenvalue weighted by Crippen LogP contribution is -2.32. The van der Waals surface area contributed by atoms with E-state index in [1.165, 1.54) is 17.7 Å². The molecule has 1 N–H and O–H groups in total. The first-order chi connectivity index (χ1) is 11.7. The zero-order chi connectivity index (χ0) is 18.4. The predicted octanol–water partition coefficient (Wildman–Crippen LogP) is 3.89. The Labute approximate surface area is 145 Å². The van der Waals surface area contributed by atoms with Crippen molar-refractivity contribution in [3.05, 3.63) is 65.2 Å². The zero-order valence-electron chi connectivity index (χ0n) is 14.3. The van der Waals surface area contributed by atoms with Gasteiger partial charge in [-0.1, -0.05) is 29.8 Å². The number of alkyl halides is 3. The van der Waals surface area contributed by atoms with E-state index in [-0.39, 0.29) is 6.61 Å². The highest BCUT2D eigenvalue weighted by molar-refractivity contribution is 5.28. The van der Waals surface area contributed by atoms with Crippen molar-refractivity contribution in [1.82, 2.24) is 4.90 Å². The molecular weight excluding hydrogens is 331 g/mol. The Hall–Kier alpha value is -2.05. The van der Waals surface area contributed by atoms with Crippen LogP contribution in [0.4, 0.5) is 13.2 Å². The zero-order valence-corrected chi connectivity index (χ0v) is 14.3. The number of likely N-dealkylation sites (N-methyl/N-ethyl adjacent to an activating group) is 1. The minimum atomic E-state index is -4.36.